The fraction of sp³-hybridized carbons (Fsp3) is 0.143. The Labute approximate surface area is 93.3 Å². The highest BCUT2D eigenvalue weighted by atomic mass is 16.2. The van der Waals surface area contributed by atoms with Crippen LogP contribution in [-0.2, 0) is 4.79 Å². The molecule has 0 saturated heterocycles. The maximum atomic E-state index is 11.9. The summed E-state index contributed by atoms with van der Waals surface area (Å²) in [7, 11) is 0. The predicted molar refractivity (Wildman–Crippen MR) is 61.1 cm³/mol. The van der Waals surface area contributed by atoms with E-state index in [2.05, 4.69) is 6.08 Å². The molecule has 0 saturated carbocycles. The highest BCUT2D eigenvalue weighted by molar-refractivity contribution is 6.52. The molecule has 0 radical (unpaired) electrons. The molecule has 2 heteroatoms. The molecule has 0 fully saturated rings. The Morgan fingerprint density at radius 2 is 1.38 bits per heavy atom. The van der Waals surface area contributed by atoms with Crippen LogP contribution in [0.25, 0.3) is 5.57 Å². The zero-order valence-electron chi connectivity index (χ0n) is 8.69. The van der Waals surface area contributed by atoms with Crippen molar-refractivity contribution in [2.24, 2.45) is 0 Å². The van der Waals surface area contributed by atoms with Crippen LogP contribution >= 0.6 is 0 Å². The highest BCUT2D eigenvalue weighted by Gasteiger charge is 2.31. The van der Waals surface area contributed by atoms with Crippen LogP contribution in [0.3, 0.4) is 0 Å². The molecular formula is C14H10O2. The fourth-order valence-corrected chi connectivity index (χ4v) is 2.35. The topological polar surface area (TPSA) is 34.1 Å². The molecule has 0 bridgehead atoms. The van der Waals surface area contributed by atoms with E-state index in [4.69, 9.17) is 0 Å². The van der Waals surface area contributed by atoms with Gasteiger partial charge in [0.15, 0.2) is 0 Å². The molecule has 0 spiro atoms. The standard InChI is InChI=1S/C14H10O2/c15-13-11-7-3-1-5-9(11)10-6-2-4-8-12(10)14(13)16/h1-5,7H,6,8H2. The minimum Gasteiger partial charge on any atom is -0.285 e. The molecule has 2 nitrogen and oxygen atoms in total. The number of fused-ring (bicyclic) bond motifs is 2. The Kier molecular flexibility index (Phi) is 1.90. The number of hydrogen-bond donors (Lipinski definition) is 0. The number of hydrogen-bond acceptors (Lipinski definition) is 2. The molecule has 0 unspecified atom stereocenters. The first-order valence-corrected chi connectivity index (χ1v) is 5.34. The molecule has 3 rings (SSSR count). The van der Waals surface area contributed by atoms with Crippen molar-refractivity contribution in [3.63, 3.8) is 0 Å². The minimum atomic E-state index is -0.357. The Hall–Kier alpha value is -1.96. The molecule has 0 atom stereocenters. The van der Waals surface area contributed by atoms with Crippen molar-refractivity contribution >= 4 is 17.1 Å². The predicted octanol–water partition coefficient (Wildman–Crippen LogP) is 2.56. The van der Waals surface area contributed by atoms with Crippen LogP contribution < -0.4 is 0 Å². The molecule has 0 aromatic heterocycles. The van der Waals surface area contributed by atoms with Crippen LogP contribution in [0.2, 0.25) is 0 Å². The highest BCUT2D eigenvalue weighted by Crippen LogP contribution is 2.35. The molecule has 2 aliphatic rings. The van der Waals surface area contributed by atoms with Gasteiger partial charge in [0.2, 0.25) is 11.6 Å². The summed E-state index contributed by atoms with van der Waals surface area (Å²) in [6, 6.07) is 7.37. The second kappa shape index (κ2) is 3.27. The van der Waals surface area contributed by atoms with E-state index in [-0.39, 0.29) is 11.6 Å². The zero-order valence-corrected chi connectivity index (χ0v) is 8.69. The Morgan fingerprint density at radius 1 is 0.750 bits per heavy atom. The Morgan fingerprint density at radius 3 is 2.12 bits per heavy atom. The van der Waals surface area contributed by atoms with E-state index in [1.54, 1.807) is 12.1 Å². The van der Waals surface area contributed by atoms with E-state index < -0.39 is 0 Å². The summed E-state index contributed by atoms with van der Waals surface area (Å²) < 4.78 is 0. The molecule has 16 heavy (non-hydrogen) atoms. The molecule has 1 aromatic rings. The molecular weight excluding hydrogens is 200 g/mol. The lowest BCUT2D eigenvalue weighted by atomic mass is 9.79. The van der Waals surface area contributed by atoms with Gasteiger partial charge < -0.3 is 0 Å². The van der Waals surface area contributed by atoms with E-state index in [9.17, 15) is 9.59 Å². The maximum Gasteiger partial charge on any atom is 0.233 e. The van der Waals surface area contributed by atoms with Crippen molar-refractivity contribution < 1.29 is 9.59 Å². The van der Waals surface area contributed by atoms with Gasteiger partial charge in [0.1, 0.15) is 0 Å². The quantitative estimate of drug-likeness (QED) is 0.487. The fourth-order valence-electron chi connectivity index (χ4n) is 2.35. The maximum absolute atomic E-state index is 11.9. The third-order valence-corrected chi connectivity index (χ3v) is 3.15. The van der Waals surface area contributed by atoms with Crippen molar-refractivity contribution in [1.82, 2.24) is 0 Å². The van der Waals surface area contributed by atoms with Crippen LogP contribution in [0, 0.1) is 0 Å². The average molecular weight is 210 g/mol. The third-order valence-electron chi connectivity index (χ3n) is 3.15. The van der Waals surface area contributed by atoms with Crippen molar-refractivity contribution in [2.45, 2.75) is 12.8 Å². The number of rotatable bonds is 0. The van der Waals surface area contributed by atoms with E-state index >= 15 is 0 Å². The second-order valence-corrected chi connectivity index (χ2v) is 4.04. The van der Waals surface area contributed by atoms with E-state index in [0.29, 0.717) is 17.6 Å². The van der Waals surface area contributed by atoms with Gasteiger partial charge in [-0.2, -0.15) is 0 Å². The summed E-state index contributed by atoms with van der Waals surface area (Å²) in [5, 5.41) is 0. The van der Waals surface area contributed by atoms with Crippen molar-refractivity contribution in [1.29, 1.82) is 0 Å². The smallest absolute Gasteiger partial charge is 0.233 e. The number of Topliss-reactive ketones (excluding diaryl/α,β-unsaturated/α-hetero) is 2. The van der Waals surface area contributed by atoms with Crippen LogP contribution in [-0.4, -0.2) is 11.6 Å². The number of ketones is 2. The van der Waals surface area contributed by atoms with Crippen molar-refractivity contribution in [3.05, 3.63) is 53.1 Å². The van der Waals surface area contributed by atoms with Gasteiger partial charge in [-0.25, -0.2) is 0 Å². The second-order valence-electron chi connectivity index (χ2n) is 4.04. The van der Waals surface area contributed by atoms with Crippen LogP contribution in [0.1, 0.15) is 28.8 Å². The molecule has 1 aromatic carbocycles. The van der Waals surface area contributed by atoms with Gasteiger partial charge in [0.25, 0.3) is 0 Å². The summed E-state index contributed by atoms with van der Waals surface area (Å²) in [4.78, 5) is 23.7. The van der Waals surface area contributed by atoms with Gasteiger partial charge in [-0.3, -0.25) is 9.59 Å². The number of benzene rings is 1. The van der Waals surface area contributed by atoms with Gasteiger partial charge in [-0.05, 0) is 24.0 Å². The van der Waals surface area contributed by atoms with Crippen LogP contribution in [0.5, 0.6) is 0 Å². The average Bonchev–Trinajstić information content (AvgIpc) is 2.36. The first-order valence-electron chi connectivity index (χ1n) is 5.34. The van der Waals surface area contributed by atoms with Crippen LogP contribution in [0.15, 0.2) is 42.0 Å². The number of carbonyl (C=O) groups excluding carboxylic acids is 2. The molecule has 0 N–H and O–H groups in total. The van der Waals surface area contributed by atoms with Gasteiger partial charge in [-0.15, -0.1) is 0 Å². The summed E-state index contributed by atoms with van der Waals surface area (Å²) in [5.41, 5.74) is 3.21. The van der Waals surface area contributed by atoms with Crippen molar-refractivity contribution in [3.8, 4) is 0 Å². The van der Waals surface area contributed by atoms with E-state index in [1.165, 1.54) is 0 Å². The summed E-state index contributed by atoms with van der Waals surface area (Å²) in [5.74, 6) is -0.678. The molecule has 0 aliphatic heterocycles. The van der Waals surface area contributed by atoms with Gasteiger partial charge in [-0.1, -0.05) is 36.4 Å². The summed E-state index contributed by atoms with van der Waals surface area (Å²) in [6.45, 7) is 0. The summed E-state index contributed by atoms with van der Waals surface area (Å²) in [6.07, 6.45) is 5.36. The molecule has 0 heterocycles. The van der Waals surface area contributed by atoms with Crippen molar-refractivity contribution in [2.75, 3.05) is 0 Å². The minimum absolute atomic E-state index is 0.321. The number of carbonyl (C=O) groups is 2. The van der Waals surface area contributed by atoms with E-state index in [1.807, 2.05) is 18.2 Å². The SMILES string of the molecule is O=C1C(=O)c2ccccc2C2=C1CC=CC2. The normalized spacial score (nSPS) is 18.5. The molecule has 2 aliphatic carbocycles. The van der Waals surface area contributed by atoms with E-state index in [0.717, 1.165) is 17.6 Å². The lowest BCUT2D eigenvalue weighted by molar-refractivity contribution is -0.111. The van der Waals surface area contributed by atoms with Crippen LogP contribution in [0.4, 0.5) is 0 Å². The lowest BCUT2D eigenvalue weighted by Crippen LogP contribution is -2.24. The first kappa shape index (κ1) is 9.28. The molecule has 78 valence electrons. The van der Waals surface area contributed by atoms with Gasteiger partial charge >= 0.3 is 0 Å². The Balaban J connectivity index is 2.29. The zero-order chi connectivity index (χ0) is 11.1. The monoisotopic (exact) mass is 210 g/mol. The Bertz CT molecular complexity index is 562. The molecule has 0 amide bonds. The largest absolute Gasteiger partial charge is 0.285 e. The lowest BCUT2D eigenvalue weighted by Gasteiger charge is -2.22. The summed E-state index contributed by atoms with van der Waals surface area (Å²) >= 11 is 0. The number of allylic oxidation sites excluding steroid dienone is 4. The first-order chi connectivity index (χ1) is 7.79. The van der Waals surface area contributed by atoms with Gasteiger partial charge in [0.05, 0.1) is 0 Å². The van der Waals surface area contributed by atoms with Gasteiger partial charge in [0, 0.05) is 11.1 Å². The third kappa shape index (κ3) is 1.13.